The number of fused-ring (bicyclic) bond motifs is 1. The number of hydrogen-bond acceptors (Lipinski definition) is 7. The number of phenols is 1. The van der Waals surface area contributed by atoms with Crippen molar-refractivity contribution >= 4 is 55.7 Å². The van der Waals surface area contributed by atoms with Crippen LogP contribution in [0.1, 0.15) is 56.1 Å². The number of nitrogens with zero attached hydrogens (tertiary/aromatic N) is 4. The van der Waals surface area contributed by atoms with E-state index in [1.54, 1.807) is 36.0 Å². The van der Waals surface area contributed by atoms with Gasteiger partial charge in [0.15, 0.2) is 13.4 Å². The number of likely N-dealkylation sites (tertiary alicyclic amines) is 3. The molecule has 4 amide bonds. The average molecular weight is 682 g/mol. The summed E-state index contributed by atoms with van der Waals surface area (Å²) in [6.07, 6.45) is 4.06. The number of benzene rings is 2. The first-order valence-electron chi connectivity index (χ1n) is 17.9. The highest BCUT2D eigenvalue weighted by atomic mass is 16.6. The van der Waals surface area contributed by atoms with Crippen LogP contribution in [-0.2, 0) is 27.2 Å². The fraction of sp³-hybridized carbons (Fsp3) is 0.556. The highest BCUT2D eigenvalue weighted by Crippen LogP contribution is 2.28. The maximum atomic E-state index is 14.1. The highest BCUT2D eigenvalue weighted by Gasteiger charge is 2.39. The Morgan fingerprint density at radius 1 is 0.960 bits per heavy atom. The lowest BCUT2D eigenvalue weighted by Gasteiger charge is -2.43. The smallest absolute Gasteiger partial charge is 0.410 e. The van der Waals surface area contributed by atoms with Crippen LogP contribution in [0.2, 0.25) is 6.82 Å². The minimum Gasteiger partial charge on any atom is -0.509 e. The zero-order valence-electron chi connectivity index (χ0n) is 28.8. The van der Waals surface area contributed by atoms with Gasteiger partial charge in [-0.25, -0.2) is 9.59 Å². The van der Waals surface area contributed by atoms with Crippen LogP contribution >= 0.6 is 0 Å². The van der Waals surface area contributed by atoms with Crippen LogP contribution in [0.3, 0.4) is 0 Å². The number of carbonyl (C=O) groups excluding carboxylic acids is 3. The molecule has 2 aromatic rings. The fourth-order valence-electron chi connectivity index (χ4n) is 8.05. The molecule has 3 N–H and O–H groups in total. The monoisotopic (exact) mass is 682 g/mol. The van der Waals surface area contributed by atoms with Gasteiger partial charge in [0.2, 0.25) is 0 Å². The number of phenolic OH excluding ortho intramolecular Hbond substituents is 1. The normalized spacial score (nSPS) is 21.5. The molecule has 4 aliphatic rings. The minimum atomic E-state index is -1.12. The van der Waals surface area contributed by atoms with Gasteiger partial charge in [0.05, 0.1) is 0 Å². The van der Waals surface area contributed by atoms with Crippen molar-refractivity contribution in [3.05, 3.63) is 47.5 Å². The molecule has 0 bridgehead atoms. The summed E-state index contributed by atoms with van der Waals surface area (Å²) in [7, 11) is 7.81. The number of carbonyl (C=O) groups is 4. The number of anilines is 1. The molecular weight excluding hydrogens is 636 g/mol. The van der Waals surface area contributed by atoms with Crippen LogP contribution in [0.15, 0.2) is 36.4 Å². The Kier molecular flexibility index (Phi) is 11.2. The summed E-state index contributed by atoms with van der Waals surface area (Å²) in [6, 6.07) is 10.5. The molecule has 3 saturated heterocycles. The highest BCUT2D eigenvalue weighted by molar-refractivity contribution is 6.54. The van der Waals surface area contributed by atoms with Gasteiger partial charge in [-0.15, -0.1) is 0 Å². The summed E-state index contributed by atoms with van der Waals surface area (Å²) < 4.78 is 6.01. The van der Waals surface area contributed by atoms with Crippen LogP contribution < -0.4 is 16.2 Å². The van der Waals surface area contributed by atoms with E-state index < -0.39 is 24.2 Å². The number of urea groups is 1. The van der Waals surface area contributed by atoms with Gasteiger partial charge >= 0.3 is 18.1 Å². The Hall–Kier alpha value is -4.19. The number of carboxylic acid groups (broad SMARTS) is 1. The van der Waals surface area contributed by atoms with E-state index >= 15 is 0 Å². The largest absolute Gasteiger partial charge is 0.509 e. The van der Waals surface area contributed by atoms with E-state index in [4.69, 9.17) is 12.6 Å². The molecule has 263 valence electrons. The van der Waals surface area contributed by atoms with E-state index in [9.17, 15) is 29.4 Å². The van der Waals surface area contributed by atoms with Crippen LogP contribution in [0, 0.1) is 0 Å². The summed E-state index contributed by atoms with van der Waals surface area (Å²) in [5, 5.41) is 23.2. The van der Waals surface area contributed by atoms with Crippen molar-refractivity contribution in [3.8, 4) is 5.75 Å². The van der Waals surface area contributed by atoms with Crippen molar-refractivity contribution < 1.29 is 34.1 Å². The predicted molar refractivity (Wildman–Crippen MR) is 191 cm³/mol. The van der Waals surface area contributed by atoms with E-state index in [-0.39, 0.29) is 41.7 Å². The van der Waals surface area contributed by atoms with Gasteiger partial charge in [-0.05, 0) is 74.1 Å². The minimum absolute atomic E-state index is 0.0311. The van der Waals surface area contributed by atoms with Crippen molar-refractivity contribution in [2.24, 2.45) is 0 Å². The molecule has 3 fully saturated rings. The van der Waals surface area contributed by atoms with Crippen LogP contribution in [0.4, 0.5) is 15.3 Å². The molecule has 0 aliphatic carbocycles. The van der Waals surface area contributed by atoms with E-state index in [0.29, 0.717) is 75.9 Å². The van der Waals surface area contributed by atoms with E-state index in [2.05, 4.69) is 10.2 Å². The number of piperidine rings is 3. The maximum Gasteiger partial charge on any atom is 0.410 e. The number of aromatic hydroxyl groups is 1. The van der Waals surface area contributed by atoms with E-state index in [1.165, 1.54) is 0 Å². The number of carboxylic acids is 1. The zero-order chi connectivity index (χ0) is 35.4. The van der Waals surface area contributed by atoms with Crippen molar-refractivity contribution in [2.75, 3.05) is 44.6 Å². The Labute approximate surface area is 295 Å². The average Bonchev–Trinajstić information content (AvgIpc) is 3.30. The number of rotatable bonds is 8. The third-order valence-electron chi connectivity index (χ3n) is 10.9. The van der Waals surface area contributed by atoms with Gasteiger partial charge in [0.25, 0.3) is 5.91 Å². The number of nitrogens with one attached hydrogen (secondary N) is 1. The summed E-state index contributed by atoms with van der Waals surface area (Å²) in [5.41, 5.74) is 3.27. The van der Waals surface area contributed by atoms with Gasteiger partial charge in [0, 0.05) is 56.9 Å². The van der Waals surface area contributed by atoms with E-state index in [1.807, 2.05) is 29.2 Å². The van der Waals surface area contributed by atoms with Gasteiger partial charge < -0.3 is 35.0 Å². The third kappa shape index (κ3) is 7.90. The summed E-state index contributed by atoms with van der Waals surface area (Å²) >= 11 is 0. The van der Waals surface area contributed by atoms with Crippen molar-refractivity contribution in [2.45, 2.75) is 88.8 Å². The Morgan fingerprint density at radius 2 is 1.66 bits per heavy atom. The van der Waals surface area contributed by atoms with Gasteiger partial charge in [-0.2, -0.15) is 0 Å². The van der Waals surface area contributed by atoms with Crippen LogP contribution in [0.25, 0.3) is 0 Å². The third-order valence-corrected chi connectivity index (χ3v) is 10.9. The standard InChI is InChI=1S/C36H46B2N5O7/c1-38-28-21-23(20-27(37)32(28)44)22-31(33(45)40-15-10-25(11-16-40)42-14-5-4-8-30(42)34(46)47)50-36(49)41-17-12-26(13-18-41)43-19-9-24-6-2-3-7-29(24)39-35(43)48/h2-3,6-7,20-21,25-26,30-31,44H,4-5,8-19,22H2,1H3,(H,39,48)(H,46,47)/t30-,31+/m0/s1. The van der Waals surface area contributed by atoms with Gasteiger partial charge in [-0.1, -0.05) is 49.0 Å². The molecular formula is C36H46B2N5O7. The molecule has 4 heterocycles. The first kappa shape index (κ1) is 35.6. The summed E-state index contributed by atoms with van der Waals surface area (Å²) in [5.74, 6) is -1.15. The zero-order valence-corrected chi connectivity index (χ0v) is 28.8. The second-order valence-corrected chi connectivity index (χ2v) is 13.9. The van der Waals surface area contributed by atoms with E-state index in [0.717, 1.165) is 37.1 Å². The van der Waals surface area contributed by atoms with Crippen LogP contribution in [-0.4, -0.2) is 132 Å². The molecule has 0 spiro atoms. The molecule has 3 radical (unpaired) electrons. The van der Waals surface area contributed by atoms with Gasteiger partial charge in [0.1, 0.15) is 19.6 Å². The quantitative estimate of drug-likeness (QED) is 0.360. The van der Waals surface area contributed by atoms with Crippen molar-refractivity contribution in [1.29, 1.82) is 0 Å². The molecule has 2 aromatic carbocycles. The lowest BCUT2D eigenvalue weighted by molar-refractivity contribution is -0.148. The number of amides is 4. The maximum absolute atomic E-state index is 14.1. The molecule has 0 aromatic heterocycles. The second-order valence-electron chi connectivity index (χ2n) is 13.9. The molecule has 6 rings (SSSR count). The molecule has 14 heteroatoms. The SMILES string of the molecule is [B]c1cc(C[C@@H](OC(=O)N2CCC(N3CCc4ccccc4NC3=O)CC2)C(=O)N2CCC(N3CCCC[C@H]3C(=O)O)CC2)cc([B]C)c1O. The predicted octanol–water partition coefficient (Wildman–Crippen LogP) is 2.10. The lowest BCUT2D eigenvalue weighted by Crippen LogP contribution is -2.55. The number of ether oxygens (including phenoxy) is 1. The fourth-order valence-corrected chi connectivity index (χ4v) is 8.05. The Bertz CT molecular complexity index is 1580. The number of aliphatic carboxylic acids is 1. The number of para-hydroxylation sites is 1. The van der Waals surface area contributed by atoms with Gasteiger partial charge in [-0.3, -0.25) is 14.5 Å². The molecule has 0 unspecified atom stereocenters. The van der Waals surface area contributed by atoms with Crippen molar-refractivity contribution in [1.82, 2.24) is 19.6 Å². The molecule has 4 aliphatic heterocycles. The first-order valence-corrected chi connectivity index (χ1v) is 17.9. The summed E-state index contributed by atoms with van der Waals surface area (Å²) in [4.78, 5) is 60.0. The Morgan fingerprint density at radius 3 is 2.38 bits per heavy atom. The Balaban J connectivity index is 1.11. The summed E-state index contributed by atoms with van der Waals surface area (Å²) in [6.45, 7) is 4.73. The topological polar surface area (TPSA) is 143 Å². The molecule has 12 nitrogen and oxygen atoms in total. The molecule has 0 saturated carbocycles. The van der Waals surface area contributed by atoms with Crippen molar-refractivity contribution in [3.63, 3.8) is 0 Å². The molecule has 2 atom stereocenters. The molecule has 50 heavy (non-hydrogen) atoms. The number of hydrogen-bond donors (Lipinski definition) is 3. The lowest BCUT2D eigenvalue weighted by atomic mass is 9.69. The van der Waals surface area contributed by atoms with Crippen LogP contribution in [0.5, 0.6) is 5.75 Å². The first-order chi connectivity index (χ1) is 24.1. The second kappa shape index (κ2) is 15.8.